The Morgan fingerprint density at radius 2 is 2.04 bits per heavy atom. The Morgan fingerprint density at radius 1 is 1.26 bits per heavy atom. The van der Waals surface area contributed by atoms with Crippen LogP contribution >= 0.6 is 11.6 Å². The third kappa shape index (κ3) is 3.97. The monoisotopic (exact) mass is 386 g/mol. The second-order valence-electron chi connectivity index (χ2n) is 5.98. The number of nitrogens with one attached hydrogen (secondary N) is 1. The van der Waals surface area contributed by atoms with Gasteiger partial charge in [0.25, 0.3) is 5.91 Å². The maximum absolute atomic E-state index is 12.7. The molecule has 0 aliphatic carbocycles. The fourth-order valence-corrected chi connectivity index (χ4v) is 3.17. The molecule has 1 amide bonds. The van der Waals surface area contributed by atoms with Gasteiger partial charge in [-0.15, -0.1) is 0 Å². The summed E-state index contributed by atoms with van der Waals surface area (Å²) in [5.74, 6) is -0.933. The number of anilines is 1. The van der Waals surface area contributed by atoms with Crippen LogP contribution in [-0.4, -0.2) is 48.7 Å². The van der Waals surface area contributed by atoms with E-state index < -0.39 is 5.97 Å². The van der Waals surface area contributed by atoms with Crippen molar-refractivity contribution in [1.29, 1.82) is 0 Å². The minimum atomic E-state index is -0.577. The Kier molecular flexibility index (Phi) is 5.78. The van der Waals surface area contributed by atoms with Gasteiger partial charge in [0.15, 0.2) is 0 Å². The number of carbonyl (C=O) groups excluding carboxylic acids is 2. The lowest BCUT2D eigenvalue weighted by Crippen LogP contribution is -2.31. The molecule has 2 aromatic carbocycles. The summed E-state index contributed by atoms with van der Waals surface area (Å²) in [6, 6.07) is 14.8. The number of hydrogen-bond acceptors (Lipinski definition) is 5. The predicted molar refractivity (Wildman–Crippen MR) is 103 cm³/mol. The van der Waals surface area contributed by atoms with Crippen molar-refractivity contribution in [2.45, 2.75) is 0 Å². The number of rotatable bonds is 6. The number of carbonyl (C=O) groups is 2. The second kappa shape index (κ2) is 8.24. The van der Waals surface area contributed by atoms with E-state index in [1.807, 2.05) is 42.5 Å². The molecule has 0 fully saturated rings. The molecule has 0 aromatic heterocycles. The maximum atomic E-state index is 12.7. The summed E-state index contributed by atoms with van der Waals surface area (Å²) < 4.78 is 4.81. The van der Waals surface area contributed by atoms with Crippen LogP contribution in [0.15, 0.2) is 59.8 Å². The zero-order valence-electron chi connectivity index (χ0n) is 14.7. The molecule has 3 rings (SSSR count). The highest BCUT2D eigenvalue weighted by Gasteiger charge is 2.34. The van der Waals surface area contributed by atoms with Crippen molar-refractivity contribution in [1.82, 2.24) is 4.90 Å². The average molecular weight is 387 g/mol. The Morgan fingerprint density at radius 3 is 2.74 bits per heavy atom. The van der Waals surface area contributed by atoms with Gasteiger partial charge in [0.1, 0.15) is 5.70 Å². The number of amides is 1. The second-order valence-corrected chi connectivity index (χ2v) is 6.41. The molecule has 0 unspecified atom stereocenters. The maximum Gasteiger partial charge on any atom is 0.337 e. The van der Waals surface area contributed by atoms with Gasteiger partial charge in [-0.05, 0) is 23.8 Å². The number of β-amino-alcohol motifs (C(OH)–C–C–N with tert-alkyl or cyclic N) is 1. The number of halogens is 1. The van der Waals surface area contributed by atoms with Crippen molar-refractivity contribution in [3.63, 3.8) is 0 Å². The molecule has 1 heterocycles. The lowest BCUT2D eigenvalue weighted by Gasteiger charge is -2.16. The third-order valence-corrected chi connectivity index (χ3v) is 4.51. The Bertz CT molecular complexity index is 910. The van der Waals surface area contributed by atoms with E-state index in [2.05, 4.69) is 5.32 Å². The van der Waals surface area contributed by atoms with Gasteiger partial charge in [-0.2, -0.15) is 0 Å². The van der Waals surface area contributed by atoms with E-state index in [1.54, 1.807) is 6.07 Å². The van der Waals surface area contributed by atoms with Crippen molar-refractivity contribution in [2.24, 2.45) is 0 Å². The number of nitrogens with zero attached hydrogens (tertiary/aromatic N) is 1. The SMILES string of the molecule is COC(=O)C1=C(Nc2ccccc2-c2cccc(Cl)c2)C(=O)N(CCO)C1. The Hall–Kier alpha value is -2.83. The molecule has 0 spiro atoms. The van der Waals surface area contributed by atoms with Crippen molar-refractivity contribution in [3.8, 4) is 11.1 Å². The van der Waals surface area contributed by atoms with Gasteiger partial charge in [0.2, 0.25) is 0 Å². The summed E-state index contributed by atoms with van der Waals surface area (Å²) in [5, 5.41) is 12.9. The van der Waals surface area contributed by atoms with Crippen molar-refractivity contribution >= 4 is 29.2 Å². The summed E-state index contributed by atoms with van der Waals surface area (Å²) >= 11 is 6.10. The number of hydrogen-bond donors (Lipinski definition) is 2. The van der Waals surface area contributed by atoms with E-state index in [0.717, 1.165) is 11.1 Å². The van der Waals surface area contributed by atoms with Crippen molar-refractivity contribution < 1.29 is 19.4 Å². The van der Waals surface area contributed by atoms with E-state index in [1.165, 1.54) is 12.0 Å². The minimum Gasteiger partial charge on any atom is -0.466 e. The average Bonchev–Trinajstić information content (AvgIpc) is 2.98. The van der Waals surface area contributed by atoms with E-state index in [9.17, 15) is 9.59 Å². The van der Waals surface area contributed by atoms with Crippen LogP contribution in [0.25, 0.3) is 11.1 Å². The third-order valence-electron chi connectivity index (χ3n) is 4.28. The van der Waals surface area contributed by atoms with E-state index in [0.29, 0.717) is 10.7 Å². The predicted octanol–water partition coefficient (Wildman–Crippen LogP) is 2.68. The highest BCUT2D eigenvalue weighted by Crippen LogP contribution is 2.32. The van der Waals surface area contributed by atoms with Crippen LogP contribution in [0, 0.1) is 0 Å². The summed E-state index contributed by atoms with van der Waals surface area (Å²) in [6.07, 6.45) is 0. The van der Waals surface area contributed by atoms with Gasteiger partial charge in [-0.1, -0.05) is 41.9 Å². The van der Waals surface area contributed by atoms with Crippen LogP contribution in [-0.2, 0) is 14.3 Å². The fraction of sp³-hybridized carbons (Fsp3) is 0.200. The summed E-state index contributed by atoms with van der Waals surface area (Å²) in [7, 11) is 1.27. The largest absolute Gasteiger partial charge is 0.466 e. The number of aliphatic hydroxyl groups excluding tert-OH is 1. The zero-order chi connectivity index (χ0) is 19.4. The Balaban J connectivity index is 2.00. The van der Waals surface area contributed by atoms with Crippen LogP contribution in [0.3, 0.4) is 0 Å². The Labute approximate surface area is 162 Å². The molecule has 0 saturated heterocycles. The smallest absolute Gasteiger partial charge is 0.337 e. The minimum absolute atomic E-state index is 0.0910. The summed E-state index contributed by atoms with van der Waals surface area (Å²) in [6.45, 7) is 0.0424. The summed E-state index contributed by atoms with van der Waals surface area (Å²) in [4.78, 5) is 26.2. The molecule has 7 heteroatoms. The summed E-state index contributed by atoms with van der Waals surface area (Å²) in [5.41, 5.74) is 2.77. The quantitative estimate of drug-likeness (QED) is 0.746. The van der Waals surface area contributed by atoms with Crippen molar-refractivity contribution in [2.75, 3.05) is 32.1 Å². The number of para-hydroxylation sites is 1. The first-order chi connectivity index (χ1) is 13.0. The lowest BCUT2D eigenvalue weighted by molar-refractivity contribution is -0.136. The molecule has 27 heavy (non-hydrogen) atoms. The molecule has 1 aliphatic rings. The molecule has 2 aromatic rings. The molecule has 0 radical (unpaired) electrons. The van der Waals surface area contributed by atoms with Gasteiger partial charge in [-0.3, -0.25) is 4.79 Å². The van der Waals surface area contributed by atoms with Crippen LogP contribution in [0.5, 0.6) is 0 Å². The van der Waals surface area contributed by atoms with E-state index in [-0.39, 0.29) is 36.9 Å². The first kappa shape index (κ1) is 18.9. The number of benzene rings is 2. The van der Waals surface area contributed by atoms with Crippen LogP contribution < -0.4 is 5.32 Å². The lowest BCUT2D eigenvalue weighted by atomic mass is 10.0. The molecule has 0 bridgehead atoms. The number of ether oxygens (including phenoxy) is 1. The number of esters is 1. The van der Waals surface area contributed by atoms with E-state index in [4.69, 9.17) is 21.4 Å². The first-order valence-corrected chi connectivity index (χ1v) is 8.76. The highest BCUT2D eigenvalue weighted by atomic mass is 35.5. The topological polar surface area (TPSA) is 78.9 Å². The van der Waals surface area contributed by atoms with Gasteiger partial charge in [0, 0.05) is 22.8 Å². The molecular weight excluding hydrogens is 368 g/mol. The highest BCUT2D eigenvalue weighted by molar-refractivity contribution is 6.30. The van der Waals surface area contributed by atoms with E-state index >= 15 is 0 Å². The molecular formula is C20H19ClN2O4. The van der Waals surface area contributed by atoms with Crippen LogP contribution in [0.1, 0.15) is 0 Å². The van der Waals surface area contributed by atoms with Crippen molar-refractivity contribution in [3.05, 3.63) is 64.8 Å². The molecule has 1 aliphatic heterocycles. The normalized spacial score (nSPS) is 13.9. The van der Waals surface area contributed by atoms with Crippen LogP contribution in [0.4, 0.5) is 5.69 Å². The molecule has 6 nitrogen and oxygen atoms in total. The number of aliphatic hydroxyl groups is 1. The van der Waals surface area contributed by atoms with Gasteiger partial charge in [0.05, 0.1) is 25.8 Å². The fourth-order valence-electron chi connectivity index (χ4n) is 2.98. The molecule has 140 valence electrons. The molecule has 0 atom stereocenters. The number of methoxy groups -OCH3 is 1. The first-order valence-electron chi connectivity index (χ1n) is 8.38. The molecule has 2 N–H and O–H groups in total. The standard InChI is InChI=1S/C20H19ClN2O4/c1-27-20(26)16-12-23(9-10-24)19(25)18(16)22-17-8-3-2-7-15(17)13-5-4-6-14(21)11-13/h2-8,11,22,24H,9-10,12H2,1H3. The van der Waals surface area contributed by atoms with Gasteiger partial charge in [-0.25, -0.2) is 4.79 Å². The van der Waals surface area contributed by atoms with Gasteiger partial charge < -0.3 is 20.1 Å². The molecule has 0 saturated carbocycles. The van der Waals surface area contributed by atoms with Crippen LogP contribution in [0.2, 0.25) is 5.02 Å². The zero-order valence-corrected chi connectivity index (χ0v) is 15.5. The van der Waals surface area contributed by atoms with Gasteiger partial charge >= 0.3 is 5.97 Å².